The Balaban J connectivity index is 2.38. The van der Waals surface area contributed by atoms with Crippen molar-refractivity contribution in [3.8, 4) is 11.3 Å². The molecule has 0 spiro atoms. The second-order valence-electron chi connectivity index (χ2n) is 4.46. The third kappa shape index (κ3) is 2.19. The van der Waals surface area contributed by atoms with E-state index in [4.69, 9.17) is 11.6 Å². The highest BCUT2D eigenvalue weighted by atomic mass is 79.9. The lowest BCUT2D eigenvalue weighted by Crippen LogP contribution is -1.94. The Labute approximate surface area is 128 Å². The number of hydrogen-bond donors (Lipinski definition) is 0. The van der Waals surface area contributed by atoms with Crippen LogP contribution in [0.1, 0.15) is 5.56 Å². The van der Waals surface area contributed by atoms with Crippen LogP contribution in [0, 0.1) is 12.7 Å². The standard InChI is InChI=1S/C15H9BrClFN2/c1-8-7-9(18)5-6-10(8)14-11-3-2-4-12(16)13(11)15(17)20-19-14/h2-7H,1H3. The molecule has 0 atom stereocenters. The molecule has 0 saturated carbocycles. The first-order valence-electron chi connectivity index (χ1n) is 5.95. The van der Waals surface area contributed by atoms with E-state index < -0.39 is 0 Å². The van der Waals surface area contributed by atoms with Crippen LogP contribution in [-0.4, -0.2) is 10.2 Å². The van der Waals surface area contributed by atoms with Crippen molar-refractivity contribution >= 4 is 38.3 Å². The van der Waals surface area contributed by atoms with Gasteiger partial charge in [-0.15, -0.1) is 10.2 Å². The summed E-state index contributed by atoms with van der Waals surface area (Å²) in [7, 11) is 0. The number of fused-ring (bicyclic) bond motifs is 1. The number of nitrogens with zero attached hydrogens (tertiary/aromatic N) is 2. The van der Waals surface area contributed by atoms with Gasteiger partial charge in [-0.05, 0) is 36.8 Å². The summed E-state index contributed by atoms with van der Waals surface area (Å²) in [5.74, 6) is -0.265. The molecule has 0 bridgehead atoms. The number of aromatic nitrogens is 2. The monoisotopic (exact) mass is 350 g/mol. The molecule has 1 aromatic heterocycles. The van der Waals surface area contributed by atoms with Gasteiger partial charge in [-0.1, -0.05) is 39.7 Å². The molecule has 100 valence electrons. The molecule has 1 heterocycles. The molecule has 20 heavy (non-hydrogen) atoms. The first-order chi connectivity index (χ1) is 9.58. The zero-order chi connectivity index (χ0) is 14.3. The average molecular weight is 352 g/mol. The van der Waals surface area contributed by atoms with Crippen molar-refractivity contribution < 1.29 is 4.39 Å². The third-order valence-electron chi connectivity index (χ3n) is 3.16. The molecular weight excluding hydrogens is 343 g/mol. The van der Waals surface area contributed by atoms with Crippen LogP contribution >= 0.6 is 27.5 Å². The van der Waals surface area contributed by atoms with Gasteiger partial charge in [-0.25, -0.2) is 4.39 Å². The van der Waals surface area contributed by atoms with Crippen molar-refractivity contribution in [1.29, 1.82) is 0 Å². The minimum absolute atomic E-state index is 0.265. The smallest absolute Gasteiger partial charge is 0.160 e. The molecule has 2 aromatic carbocycles. The summed E-state index contributed by atoms with van der Waals surface area (Å²) in [5, 5.41) is 10.2. The summed E-state index contributed by atoms with van der Waals surface area (Å²) < 4.78 is 14.1. The Morgan fingerprint density at radius 2 is 1.95 bits per heavy atom. The number of halogens is 3. The fraction of sp³-hybridized carbons (Fsp3) is 0.0667. The van der Waals surface area contributed by atoms with E-state index in [1.54, 1.807) is 6.07 Å². The molecule has 2 nitrogen and oxygen atoms in total. The predicted molar refractivity (Wildman–Crippen MR) is 82.4 cm³/mol. The minimum Gasteiger partial charge on any atom is -0.207 e. The van der Waals surface area contributed by atoms with Gasteiger partial charge in [0.2, 0.25) is 0 Å². The molecule has 0 aliphatic heterocycles. The van der Waals surface area contributed by atoms with Crippen molar-refractivity contribution in [2.75, 3.05) is 0 Å². The highest BCUT2D eigenvalue weighted by Gasteiger charge is 2.13. The van der Waals surface area contributed by atoms with Crippen molar-refractivity contribution in [2.24, 2.45) is 0 Å². The maximum Gasteiger partial charge on any atom is 0.160 e. The first kappa shape index (κ1) is 13.5. The number of aryl methyl sites for hydroxylation is 1. The quantitative estimate of drug-likeness (QED) is 0.605. The topological polar surface area (TPSA) is 25.8 Å². The Bertz CT molecular complexity index is 812. The molecule has 3 rings (SSSR count). The van der Waals surface area contributed by atoms with Crippen LogP contribution in [0.15, 0.2) is 40.9 Å². The molecule has 5 heteroatoms. The van der Waals surface area contributed by atoms with Gasteiger partial charge >= 0.3 is 0 Å². The van der Waals surface area contributed by atoms with Gasteiger partial charge in [-0.3, -0.25) is 0 Å². The molecule has 0 aliphatic rings. The summed E-state index contributed by atoms with van der Waals surface area (Å²) in [4.78, 5) is 0. The maximum atomic E-state index is 13.2. The zero-order valence-electron chi connectivity index (χ0n) is 10.5. The Hall–Kier alpha value is -1.52. The molecular formula is C15H9BrClFN2. The van der Waals surface area contributed by atoms with Crippen LogP contribution in [0.4, 0.5) is 4.39 Å². The summed E-state index contributed by atoms with van der Waals surface area (Å²) >= 11 is 9.60. The molecule has 0 unspecified atom stereocenters. The van der Waals surface area contributed by atoms with Crippen LogP contribution in [0.25, 0.3) is 22.0 Å². The Morgan fingerprint density at radius 3 is 2.70 bits per heavy atom. The van der Waals surface area contributed by atoms with Crippen LogP contribution in [-0.2, 0) is 0 Å². The molecule has 0 fully saturated rings. The molecule has 0 amide bonds. The summed E-state index contributed by atoms with van der Waals surface area (Å²) in [5.41, 5.74) is 2.35. The van der Waals surface area contributed by atoms with Gasteiger partial charge in [0.25, 0.3) is 0 Å². The Morgan fingerprint density at radius 1 is 1.15 bits per heavy atom. The Kier molecular flexibility index (Phi) is 3.44. The minimum atomic E-state index is -0.265. The van der Waals surface area contributed by atoms with Gasteiger partial charge in [-0.2, -0.15) is 0 Å². The van der Waals surface area contributed by atoms with E-state index in [0.717, 1.165) is 26.4 Å². The van der Waals surface area contributed by atoms with E-state index in [0.29, 0.717) is 10.8 Å². The second-order valence-corrected chi connectivity index (χ2v) is 5.67. The van der Waals surface area contributed by atoms with Crippen LogP contribution in [0.2, 0.25) is 5.15 Å². The molecule has 0 aliphatic carbocycles. The number of rotatable bonds is 1. The van der Waals surface area contributed by atoms with E-state index >= 15 is 0 Å². The molecule has 0 N–H and O–H groups in total. The average Bonchev–Trinajstić information content (AvgIpc) is 2.40. The van der Waals surface area contributed by atoms with Gasteiger partial charge in [0, 0.05) is 20.8 Å². The van der Waals surface area contributed by atoms with Crippen LogP contribution < -0.4 is 0 Å². The highest BCUT2D eigenvalue weighted by molar-refractivity contribution is 9.10. The predicted octanol–water partition coefficient (Wildman–Crippen LogP) is 5.16. The van der Waals surface area contributed by atoms with E-state index in [9.17, 15) is 4.39 Å². The van der Waals surface area contributed by atoms with Crippen LogP contribution in [0.5, 0.6) is 0 Å². The van der Waals surface area contributed by atoms with E-state index in [1.807, 2.05) is 25.1 Å². The molecule has 3 aromatic rings. The fourth-order valence-electron chi connectivity index (χ4n) is 2.22. The number of hydrogen-bond acceptors (Lipinski definition) is 2. The van der Waals surface area contributed by atoms with Gasteiger partial charge < -0.3 is 0 Å². The van der Waals surface area contributed by atoms with Gasteiger partial charge in [0.05, 0.1) is 0 Å². The molecule has 0 saturated heterocycles. The van der Waals surface area contributed by atoms with Crippen molar-refractivity contribution in [3.05, 3.63) is 57.4 Å². The van der Waals surface area contributed by atoms with E-state index in [2.05, 4.69) is 26.1 Å². The lowest BCUT2D eigenvalue weighted by Gasteiger charge is -2.10. The van der Waals surface area contributed by atoms with Crippen molar-refractivity contribution in [1.82, 2.24) is 10.2 Å². The normalized spacial score (nSPS) is 11.0. The third-order valence-corrected chi connectivity index (χ3v) is 4.08. The van der Waals surface area contributed by atoms with Gasteiger partial charge in [0.15, 0.2) is 5.15 Å². The zero-order valence-corrected chi connectivity index (χ0v) is 12.8. The van der Waals surface area contributed by atoms with Gasteiger partial charge in [0.1, 0.15) is 11.5 Å². The molecule has 0 radical (unpaired) electrons. The van der Waals surface area contributed by atoms with E-state index in [-0.39, 0.29) is 5.82 Å². The lowest BCUT2D eigenvalue weighted by molar-refractivity contribution is 0.627. The number of benzene rings is 2. The lowest BCUT2D eigenvalue weighted by atomic mass is 10.0. The summed E-state index contributed by atoms with van der Waals surface area (Å²) in [6, 6.07) is 10.4. The fourth-order valence-corrected chi connectivity index (χ4v) is 3.13. The second kappa shape index (κ2) is 5.11. The SMILES string of the molecule is Cc1cc(F)ccc1-c1nnc(Cl)c2c(Br)cccc12. The highest BCUT2D eigenvalue weighted by Crippen LogP contribution is 2.35. The van der Waals surface area contributed by atoms with Crippen LogP contribution in [0.3, 0.4) is 0 Å². The van der Waals surface area contributed by atoms with Crippen molar-refractivity contribution in [3.63, 3.8) is 0 Å². The summed E-state index contributed by atoms with van der Waals surface area (Å²) in [6.45, 7) is 1.85. The summed E-state index contributed by atoms with van der Waals surface area (Å²) in [6.07, 6.45) is 0. The van der Waals surface area contributed by atoms with Crippen molar-refractivity contribution in [2.45, 2.75) is 6.92 Å². The largest absolute Gasteiger partial charge is 0.207 e. The maximum absolute atomic E-state index is 13.2. The first-order valence-corrected chi connectivity index (χ1v) is 7.12. The van der Waals surface area contributed by atoms with E-state index in [1.165, 1.54) is 12.1 Å².